The van der Waals surface area contributed by atoms with Gasteiger partial charge in [-0.15, -0.1) is 24.0 Å². The molecule has 0 atom stereocenters. The highest BCUT2D eigenvalue weighted by Crippen LogP contribution is 2.28. The number of nitrogens with zero attached hydrogens (tertiary/aromatic N) is 2. The summed E-state index contributed by atoms with van der Waals surface area (Å²) in [5, 5.41) is 6.06. The van der Waals surface area contributed by atoms with Gasteiger partial charge in [0.25, 0.3) is 5.91 Å². The summed E-state index contributed by atoms with van der Waals surface area (Å²) in [5.41, 5.74) is 2.20. The molecule has 1 aliphatic rings. The Kier molecular flexibility index (Phi) is 8.68. The summed E-state index contributed by atoms with van der Waals surface area (Å²) in [5.74, 6) is 0.957. The standard InChI is InChI=1S/C19H30N4O.HI/c1-5-21-18(23-12-10-19(2,3)14-23)22-11-9-15-7-6-8-16(13-15)17(24)20-4;/h6-8,13H,5,9-12,14H2,1-4H3,(H,20,24)(H,21,22);1H. The van der Waals surface area contributed by atoms with Gasteiger partial charge in [0, 0.05) is 38.8 Å². The van der Waals surface area contributed by atoms with Crippen LogP contribution in [0.5, 0.6) is 0 Å². The van der Waals surface area contributed by atoms with Gasteiger partial charge in [0.15, 0.2) is 5.96 Å². The largest absolute Gasteiger partial charge is 0.357 e. The smallest absolute Gasteiger partial charge is 0.251 e. The first-order valence-corrected chi connectivity index (χ1v) is 8.79. The van der Waals surface area contributed by atoms with Gasteiger partial charge in [0.2, 0.25) is 0 Å². The Morgan fingerprint density at radius 3 is 2.72 bits per heavy atom. The zero-order valence-corrected chi connectivity index (χ0v) is 18.1. The van der Waals surface area contributed by atoms with Crippen LogP contribution in [0.4, 0.5) is 0 Å². The molecule has 0 unspecified atom stereocenters. The molecule has 2 N–H and O–H groups in total. The van der Waals surface area contributed by atoms with Crippen LogP contribution in [0.2, 0.25) is 0 Å². The van der Waals surface area contributed by atoms with Crippen molar-refractivity contribution in [3.63, 3.8) is 0 Å². The molecule has 6 heteroatoms. The minimum Gasteiger partial charge on any atom is -0.357 e. The Morgan fingerprint density at radius 2 is 2.12 bits per heavy atom. The Balaban J connectivity index is 0.00000312. The first-order valence-electron chi connectivity index (χ1n) is 8.79. The van der Waals surface area contributed by atoms with Crippen molar-refractivity contribution in [3.8, 4) is 0 Å². The van der Waals surface area contributed by atoms with Crippen LogP contribution in [-0.2, 0) is 6.42 Å². The molecule has 0 radical (unpaired) electrons. The average Bonchev–Trinajstić information content (AvgIpc) is 2.93. The quantitative estimate of drug-likeness (QED) is 0.406. The Morgan fingerprint density at radius 1 is 1.36 bits per heavy atom. The molecule has 1 saturated heterocycles. The molecule has 1 heterocycles. The molecule has 1 amide bonds. The van der Waals surface area contributed by atoms with E-state index >= 15 is 0 Å². The zero-order valence-electron chi connectivity index (χ0n) is 15.8. The van der Waals surface area contributed by atoms with Gasteiger partial charge in [-0.3, -0.25) is 9.79 Å². The summed E-state index contributed by atoms with van der Waals surface area (Å²) >= 11 is 0. The highest BCUT2D eigenvalue weighted by molar-refractivity contribution is 14.0. The van der Waals surface area contributed by atoms with Gasteiger partial charge in [-0.05, 0) is 42.9 Å². The van der Waals surface area contributed by atoms with Crippen molar-refractivity contribution in [3.05, 3.63) is 35.4 Å². The molecule has 1 aromatic carbocycles. The molecule has 0 aromatic heterocycles. The van der Waals surface area contributed by atoms with E-state index in [0.717, 1.165) is 44.1 Å². The van der Waals surface area contributed by atoms with Crippen molar-refractivity contribution in [2.24, 2.45) is 10.4 Å². The van der Waals surface area contributed by atoms with Crippen molar-refractivity contribution in [2.45, 2.75) is 33.6 Å². The fourth-order valence-corrected chi connectivity index (χ4v) is 3.02. The molecular weight excluding hydrogens is 427 g/mol. The number of likely N-dealkylation sites (tertiary alicyclic amines) is 1. The lowest BCUT2D eigenvalue weighted by molar-refractivity contribution is 0.0963. The number of carbonyl (C=O) groups is 1. The van der Waals surface area contributed by atoms with Crippen molar-refractivity contribution >= 4 is 35.8 Å². The lowest BCUT2D eigenvalue weighted by atomic mass is 9.93. The highest BCUT2D eigenvalue weighted by Gasteiger charge is 2.30. The number of nitrogens with one attached hydrogen (secondary N) is 2. The van der Waals surface area contributed by atoms with Crippen LogP contribution >= 0.6 is 24.0 Å². The molecule has 1 aliphatic heterocycles. The first kappa shape index (κ1) is 21.7. The topological polar surface area (TPSA) is 56.7 Å². The van der Waals surface area contributed by atoms with E-state index in [-0.39, 0.29) is 29.9 Å². The Hall–Kier alpha value is -1.31. The highest BCUT2D eigenvalue weighted by atomic mass is 127. The molecule has 140 valence electrons. The monoisotopic (exact) mass is 458 g/mol. The van der Waals surface area contributed by atoms with E-state index in [2.05, 4.69) is 36.3 Å². The molecule has 5 nitrogen and oxygen atoms in total. The Bertz CT molecular complexity index is 601. The van der Waals surface area contributed by atoms with Gasteiger partial charge in [-0.25, -0.2) is 0 Å². The van der Waals surface area contributed by atoms with E-state index in [1.807, 2.05) is 24.3 Å². The van der Waals surface area contributed by atoms with E-state index < -0.39 is 0 Å². The third kappa shape index (κ3) is 6.49. The second-order valence-corrected chi connectivity index (χ2v) is 7.10. The summed E-state index contributed by atoms with van der Waals surface area (Å²) in [4.78, 5) is 18.8. The van der Waals surface area contributed by atoms with E-state index in [4.69, 9.17) is 4.99 Å². The number of aliphatic imine (C=N–C) groups is 1. The van der Waals surface area contributed by atoms with Crippen LogP contribution in [0, 0.1) is 5.41 Å². The molecule has 2 rings (SSSR count). The van der Waals surface area contributed by atoms with E-state index in [0.29, 0.717) is 11.0 Å². The molecule has 25 heavy (non-hydrogen) atoms. The molecule has 0 bridgehead atoms. The van der Waals surface area contributed by atoms with E-state index in [9.17, 15) is 4.79 Å². The number of rotatable bonds is 5. The summed E-state index contributed by atoms with van der Waals surface area (Å²) in [6.07, 6.45) is 2.03. The SMILES string of the molecule is CCNC(=NCCc1cccc(C(=O)NC)c1)N1CCC(C)(C)C1.I. The van der Waals surface area contributed by atoms with Gasteiger partial charge < -0.3 is 15.5 Å². The molecule has 0 spiro atoms. The van der Waals surface area contributed by atoms with Gasteiger partial charge in [0.1, 0.15) is 0 Å². The van der Waals surface area contributed by atoms with Crippen molar-refractivity contribution < 1.29 is 4.79 Å². The van der Waals surface area contributed by atoms with Crippen LogP contribution < -0.4 is 10.6 Å². The van der Waals surface area contributed by atoms with E-state index in [1.165, 1.54) is 6.42 Å². The van der Waals surface area contributed by atoms with E-state index in [1.54, 1.807) is 7.05 Å². The second-order valence-electron chi connectivity index (χ2n) is 7.10. The number of guanidine groups is 1. The third-order valence-corrected chi connectivity index (χ3v) is 4.39. The van der Waals surface area contributed by atoms with Gasteiger partial charge >= 0.3 is 0 Å². The molecule has 1 fully saturated rings. The normalized spacial score (nSPS) is 16.3. The molecule has 0 saturated carbocycles. The average molecular weight is 458 g/mol. The fraction of sp³-hybridized carbons (Fsp3) is 0.579. The Labute approximate surface area is 168 Å². The van der Waals surface area contributed by atoms with Gasteiger partial charge in [-0.1, -0.05) is 26.0 Å². The number of halogens is 1. The number of benzene rings is 1. The number of carbonyl (C=O) groups excluding carboxylic acids is 1. The van der Waals surface area contributed by atoms with Gasteiger partial charge in [-0.2, -0.15) is 0 Å². The number of hydrogen-bond acceptors (Lipinski definition) is 2. The van der Waals surface area contributed by atoms with Crippen LogP contribution in [0.1, 0.15) is 43.1 Å². The maximum Gasteiger partial charge on any atom is 0.251 e. The van der Waals surface area contributed by atoms with Crippen molar-refractivity contribution in [1.82, 2.24) is 15.5 Å². The number of amides is 1. The number of hydrogen-bond donors (Lipinski definition) is 2. The maximum absolute atomic E-state index is 11.7. The minimum atomic E-state index is -0.0482. The maximum atomic E-state index is 11.7. The summed E-state index contributed by atoms with van der Waals surface area (Å²) in [6, 6.07) is 7.76. The zero-order chi connectivity index (χ0) is 17.6. The van der Waals surface area contributed by atoms with Crippen molar-refractivity contribution in [2.75, 3.05) is 33.2 Å². The summed E-state index contributed by atoms with van der Waals surface area (Å²) < 4.78 is 0. The van der Waals surface area contributed by atoms with Crippen LogP contribution in [0.3, 0.4) is 0 Å². The van der Waals surface area contributed by atoms with Crippen LogP contribution in [0.25, 0.3) is 0 Å². The molecular formula is C19H31IN4O. The predicted octanol–water partition coefficient (Wildman–Crippen LogP) is 2.90. The van der Waals surface area contributed by atoms with Crippen LogP contribution in [-0.4, -0.2) is 50.0 Å². The fourth-order valence-electron chi connectivity index (χ4n) is 3.02. The lowest BCUT2D eigenvalue weighted by Crippen LogP contribution is -2.40. The summed E-state index contributed by atoms with van der Waals surface area (Å²) in [6.45, 7) is 10.4. The van der Waals surface area contributed by atoms with Gasteiger partial charge in [0.05, 0.1) is 0 Å². The molecule has 0 aliphatic carbocycles. The second kappa shape index (κ2) is 9.99. The lowest BCUT2D eigenvalue weighted by Gasteiger charge is -2.23. The minimum absolute atomic E-state index is 0. The van der Waals surface area contributed by atoms with Crippen LogP contribution in [0.15, 0.2) is 29.3 Å². The first-order chi connectivity index (χ1) is 11.4. The van der Waals surface area contributed by atoms with Crippen molar-refractivity contribution in [1.29, 1.82) is 0 Å². The molecule has 1 aromatic rings. The third-order valence-electron chi connectivity index (χ3n) is 4.39. The summed E-state index contributed by atoms with van der Waals surface area (Å²) in [7, 11) is 1.65. The predicted molar refractivity (Wildman–Crippen MR) is 115 cm³/mol.